The maximum Gasteiger partial charge on any atom is 0.253 e. The van der Waals surface area contributed by atoms with Crippen molar-refractivity contribution in [3.63, 3.8) is 0 Å². The number of morpholine rings is 1. The summed E-state index contributed by atoms with van der Waals surface area (Å²) in [5.41, 5.74) is 6.50. The Morgan fingerprint density at radius 1 is 1.36 bits per heavy atom. The third kappa shape index (κ3) is 4.34. The highest BCUT2D eigenvalue weighted by Gasteiger charge is 2.39. The van der Waals surface area contributed by atoms with Gasteiger partial charge in [-0.05, 0) is 49.8 Å². The fraction of sp³-hybridized carbons (Fsp3) is 0.600. The van der Waals surface area contributed by atoms with Gasteiger partial charge in [-0.25, -0.2) is 4.39 Å². The van der Waals surface area contributed by atoms with Crippen LogP contribution in [0.3, 0.4) is 0 Å². The van der Waals surface area contributed by atoms with E-state index in [1.54, 1.807) is 6.07 Å². The zero-order valence-electron chi connectivity index (χ0n) is 15.9. The maximum atomic E-state index is 14.6. The molecule has 1 aliphatic heterocycles. The normalized spacial score (nSPS) is 21.1. The lowest BCUT2D eigenvalue weighted by Gasteiger charge is -2.30. The summed E-state index contributed by atoms with van der Waals surface area (Å²) in [7, 11) is 0. The van der Waals surface area contributed by atoms with Gasteiger partial charge < -0.3 is 20.7 Å². The molecule has 1 heterocycles. The minimum atomic E-state index is -0.547. The van der Waals surface area contributed by atoms with Crippen molar-refractivity contribution in [1.29, 1.82) is 0 Å². The molecular formula is C20H27FN4O3. The largest absolute Gasteiger partial charge is 0.370 e. The number of nitrogens with one attached hydrogen (secondary N) is 1. The predicted molar refractivity (Wildman–Crippen MR) is 103 cm³/mol. The number of hydrogen-bond donors (Lipinski definition) is 2. The lowest BCUT2D eigenvalue weighted by Crippen LogP contribution is -2.50. The van der Waals surface area contributed by atoms with E-state index in [1.807, 2.05) is 0 Å². The van der Waals surface area contributed by atoms with E-state index in [2.05, 4.69) is 10.2 Å². The van der Waals surface area contributed by atoms with Crippen LogP contribution in [-0.4, -0.2) is 61.6 Å². The van der Waals surface area contributed by atoms with Crippen LogP contribution in [0.5, 0.6) is 0 Å². The molecular weight excluding hydrogens is 363 g/mol. The van der Waals surface area contributed by atoms with Gasteiger partial charge in [0, 0.05) is 31.4 Å². The Morgan fingerprint density at radius 2 is 2.14 bits per heavy atom. The third-order valence-electron chi connectivity index (χ3n) is 5.60. The van der Waals surface area contributed by atoms with Crippen LogP contribution in [0.1, 0.15) is 25.7 Å². The van der Waals surface area contributed by atoms with E-state index in [0.717, 1.165) is 19.4 Å². The van der Waals surface area contributed by atoms with E-state index in [4.69, 9.17) is 10.5 Å². The topological polar surface area (TPSA) is 87.9 Å². The van der Waals surface area contributed by atoms with Crippen LogP contribution in [0.4, 0.5) is 15.8 Å². The number of benzene rings is 1. The van der Waals surface area contributed by atoms with Gasteiger partial charge in [-0.1, -0.05) is 0 Å². The smallest absolute Gasteiger partial charge is 0.253 e. The fourth-order valence-electron chi connectivity index (χ4n) is 3.73. The fourth-order valence-corrected chi connectivity index (χ4v) is 3.73. The molecule has 1 saturated heterocycles. The minimum absolute atomic E-state index is 0.0475. The Balaban J connectivity index is 1.44. The zero-order chi connectivity index (χ0) is 19.7. The van der Waals surface area contributed by atoms with Crippen molar-refractivity contribution >= 4 is 23.2 Å². The summed E-state index contributed by atoms with van der Waals surface area (Å²) in [4.78, 5) is 28.4. The van der Waals surface area contributed by atoms with Crippen molar-refractivity contribution in [3.05, 3.63) is 24.0 Å². The van der Waals surface area contributed by atoms with Crippen LogP contribution in [0.15, 0.2) is 18.2 Å². The van der Waals surface area contributed by atoms with Gasteiger partial charge in [0.15, 0.2) is 0 Å². The van der Waals surface area contributed by atoms with Crippen LogP contribution >= 0.6 is 0 Å². The van der Waals surface area contributed by atoms with Gasteiger partial charge in [-0.15, -0.1) is 0 Å². The molecule has 1 aromatic carbocycles. The number of hydrogen-bond acceptors (Lipinski definition) is 5. The van der Waals surface area contributed by atoms with Crippen LogP contribution < -0.4 is 16.0 Å². The summed E-state index contributed by atoms with van der Waals surface area (Å²) in [6.07, 6.45) is 4.64. The van der Waals surface area contributed by atoms with Gasteiger partial charge in [0.1, 0.15) is 18.5 Å². The molecule has 2 amide bonds. The molecule has 8 heteroatoms. The SMILES string of the molecule is NC[C@H](C(=O)Nc1ccc(N2CCOCC2=O)c(F)c1)N(CC1CC1)C1CC1. The second-order valence-electron chi connectivity index (χ2n) is 7.88. The van der Waals surface area contributed by atoms with Crippen molar-refractivity contribution < 1.29 is 18.7 Å². The Morgan fingerprint density at radius 3 is 2.75 bits per heavy atom. The molecule has 28 heavy (non-hydrogen) atoms. The van der Waals surface area contributed by atoms with Crippen molar-refractivity contribution in [2.45, 2.75) is 37.8 Å². The molecule has 3 aliphatic rings. The molecule has 152 valence electrons. The van der Waals surface area contributed by atoms with E-state index in [0.29, 0.717) is 30.8 Å². The molecule has 7 nitrogen and oxygen atoms in total. The summed E-state index contributed by atoms with van der Waals surface area (Å²) in [5, 5.41) is 2.80. The Kier molecular flexibility index (Phi) is 5.61. The monoisotopic (exact) mass is 390 g/mol. The molecule has 3 N–H and O–H groups in total. The Bertz CT molecular complexity index is 751. The first-order valence-electron chi connectivity index (χ1n) is 10.0. The predicted octanol–water partition coefficient (Wildman–Crippen LogP) is 1.33. The van der Waals surface area contributed by atoms with E-state index < -0.39 is 11.9 Å². The van der Waals surface area contributed by atoms with E-state index in [9.17, 15) is 14.0 Å². The van der Waals surface area contributed by atoms with Crippen molar-refractivity contribution in [2.24, 2.45) is 11.7 Å². The van der Waals surface area contributed by atoms with E-state index >= 15 is 0 Å². The van der Waals surface area contributed by atoms with E-state index in [1.165, 1.54) is 29.9 Å². The molecule has 0 radical (unpaired) electrons. The standard InChI is InChI=1S/C20H27FN4O3/c21-16-9-14(3-6-17(16)24-7-8-28-12-19(24)26)23-20(27)18(10-22)25(15-4-5-15)11-13-1-2-13/h3,6,9,13,15,18H,1-2,4-5,7-8,10-12,22H2,(H,23,27)/t18-/m1/s1. The Hall–Kier alpha value is -2.03. The van der Waals surface area contributed by atoms with Gasteiger partial charge in [-0.2, -0.15) is 0 Å². The molecule has 2 saturated carbocycles. The van der Waals surface area contributed by atoms with Crippen LogP contribution in [-0.2, 0) is 14.3 Å². The van der Waals surface area contributed by atoms with Gasteiger partial charge in [0.25, 0.3) is 5.91 Å². The van der Waals surface area contributed by atoms with Gasteiger partial charge in [0.2, 0.25) is 5.91 Å². The van der Waals surface area contributed by atoms with Gasteiger partial charge in [0.05, 0.1) is 12.3 Å². The second-order valence-corrected chi connectivity index (χ2v) is 7.88. The van der Waals surface area contributed by atoms with Crippen molar-refractivity contribution in [2.75, 3.05) is 43.1 Å². The highest BCUT2D eigenvalue weighted by molar-refractivity contribution is 5.97. The number of nitrogens with two attached hydrogens (primary N) is 1. The average Bonchev–Trinajstić information content (AvgIpc) is 3.56. The third-order valence-corrected chi connectivity index (χ3v) is 5.60. The molecule has 1 aromatic rings. The number of ether oxygens (including phenoxy) is 1. The molecule has 3 fully saturated rings. The summed E-state index contributed by atoms with van der Waals surface area (Å²) < 4.78 is 19.7. The van der Waals surface area contributed by atoms with Crippen LogP contribution in [0, 0.1) is 11.7 Å². The molecule has 0 bridgehead atoms. The summed E-state index contributed by atoms with van der Waals surface area (Å²) in [6.45, 7) is 1.78. The summed E-state index contributed by atoms with van der Waals surface area (Å²) in [5.74, 6) is -0.352. The summed E-state index contributed by atoms with van der Waals surface area (Å²) in [6, 6.07) is 4.43. The van der Waals surface area contributed by atoms with Crippen LogP contribution in [0.25, 0.3) is 0 Å². The quantitative estimate of drug-likeness (QED) is 0.699. The molecule has 2 aliphatic carbocycles. The molecule has 0 spiro atoms. The van der Waals surface area contributed by atoms with Gasteiger partial charge >= 0.3 is 0 Å². The first kappa shape index (κ1) is 19.3. The Labute approximate surface area is 164 Å². The lowest BCUT2D eigenvalue weighted by molar-refractivity contribution is -0.125. The van der Waals surface area contributed by atoms with Crippen LogP contribution in [0.2, 0.25) is 0 Å². The first-order valence-corrected chi connectivity index (χ1v) is 10.0. The zero-order valence-corrected chi connectivity index (χ0v) is 15.9. The van der Waals surface area contributed by atoms with Crippen molar-refractivity contribution in [1.82, 2.24) is 4.90 Å². The first-order chi connectivity index (χ1) is 13.6. The maximum absolute atomic E-state index is 14.6. The minimum Gasteiger partial charge on any atom is -0.370 e. The lowest BCUT2D eigenvalue weighted by atomic mass is 10.1. The van der Waals surface area contributed by atoms with Crippen molar-refractivity contribution in [3.8, 4) is 0 Å². The van der Waals surface area contributed by atoms with E-state index in [-0.39, 0.29) is 30.7 Å². The molecule has 1 atom stereocenters. The number of halogens is 1. The molecule has 4 rings (SSSR count). The van der Waals surface area contributed by atoms with Gasteiger partial charge in [-0.3, -0.25) is 14.5 Å². The highest BCUT2D eigenvalue weighted by atomic mass is 19.1. The highest BCUT2D eigenvalue weighted by Crippen LogP contribution is 2.36. The molecule has 0 unspecified atom stereocenters. The number of rotatable bonds is 8. The number of amides is 2. The molecule has 0 aromatic heterocycles. The number of carbonyl (C=O) groups is 2. The number of nitrogens with zero attached hydrogens (tertiary/aromatic N) is 2. The number of carbonyl (C=O) groups excluding carboxylic acids is 2. The number of anilines is 2. The average molecular weight is 390 g/mol. The summed E-state index contributed by atoms with van der Waals surface area (Å²) >= 11 is 0. The second kappa shape index (κ2) is 8.14.